The number of carbonyl (C=O) groups is 1. The molecule has 1 aliphatic rings. The third kappa shape index (κ3) is 3.72. The SMILES string of the molecule is O=C(O)c1cccc([N+](=O)[O-])c1Nc1ccc2c(c1)CN(c1ccc(Cl)cc1)C2. The van der Waals surface area contributed by atoms with Crippen molar-refractivity contribution in [2.45, 2.75) is 13.1 Å². The van der Waals surface area contributed by atoms with E-state index in [1.807, 2.05) is 36.4 Å². The lowest BCUT2D eigenvalue weighted by Crippen LogP contribution is -2.13. The number of halogens is 1. The number of fused-ring (bicyclic) bond motifs is 1. The number of hydrogen-bond acceptors (Lipinski definition) is 5. The summed E-state index contributed by atoms with van der Waals surface area (Å²) in [6, 6.07) is 17.2. The third-order valence-corrected chi connectivity index (χ3v) is 5.11. The number of nitrogens with zero attached hydrogens (tertiary/aromatic N) is 2. The van der Waals surface area contributed by atoms with Crippen LogP contribution < -0.4 is 10.2 Å². The molecule has 0 amide bonds. The number of carboxylic acids is 1. The maximum atomic E-state index is 11.5. The van der Waals surface area contributed by atoms with E-state index in [0.29, 0.717) is 17.3 Å². The lowest BCUT2D eigenvalue weighted by Gasteiger charge is -2.17. The molecule has 0 aromatic heterocycles. The van der Waals surface area contributed by atoms with Crippen molar-refractivity contribution >= 4 is 40.3 Å². The molecular weight excluding hydrogens is 394 g/mol. The highest BCUT2D eigenvalue weighted by molar-refractivity contribution is 6.30. The predicted molar refractivity (Wildman–Crippen MR) is 111 cm³/mol. The highest BCUT2D eigenvalue weighted by Crippen LogP contribution is 2.34. The topological polar surface area (TPSA) is 95.7 Å². The highest BCUT2D eigenvalue weighted by Gasteiger charge is 2.23. The van der Waals surface area contributed by atoms with Crippen molar-refractivity contribution in [2.24, 2.45) is 0 Å². The summed E-state index contributed by atoms with van der Waals surface area (Å²) >= 11 is 5.96. The molecule has 0 radical (unpaired) electrons. The van der Waals surface area contributed by atoms with E-state index < -0.39 is 10.9 Å². The van der Waals surface area contributed by atoms with E-state index in [1.54, 1.807) is 6.07 Å². The average molecular weight is 410 g/mol. The van der Waals surface area contributed by atoms with Crippen molar-refractivity contribution in [1.29, 1.82) is 0 Å². The Morgan fingerprint density at radius 1 is 1.07 bits per heavy atom. The van der Waals surface area contributed by atoms with Gasteiger partial charge in [-0.1, -0.05) is 23.7 Å². The lowest BCUT2D eigenvalue weighted by atomic mass is 10.1. The van der Waals surface area contributed by atoms with Gasteiger partial charge in [-0.25, -0.2) is 4.79 Å². The Kier molecular flexibility index (Phi) is 4.82. The van der Waals surface area contributed by atoms with Crippen LogP contribution >= 0.6 is 11.6 Å². The Morgan fingerprint density at radius 3 is 2.48 bits per heavy atom. The van der Waals surface area contributed by atoms with E-state index in [1.165, 1.54) is 18.2 Å². The number of nitro benzene ring substituents is 1. The summed E-state index contributed by atoms with van der Waals surface area (Å²) in [6.45, 7) is 1.41. The van der Waals surface area contributed by atoms with Crippen LogP contribution in [0.3, 0.4) is 0 Å². The number of nitro groups is 1. The second-order valence-corrected chi connectivity index (χ2v) is 7.14. The van der Waals surface area contributed by atoms with Gasteiger partial charge in [0.15, 0.2) is 0 Å². The third-order valence-electron chi connectivity index (χ3n) is 4.86. The fourth-order valence-electron chi connectivity index (χ4n) is 3.45. The Balaban J connectivity index is 1.63. The first-order valence-electron chi connectivity index (χ1n) is 8.82. The molecule has 0 atom stereocenters. The fraction of sp³-hybridized carbons (Fsp3) is 0.0952. The Morgan fingerprint density at radius 2 is 1.79 bits per heavy atom. The van der Waals surface area contributed by atoms with Gasteiger partial charge in [-0.05, 0) is 53.6 Å². The average Bonchev–Trinajstić information content (AvgIpc) is 3.11. The van der Waals surface area contributed by atoms with Crippen LogP contribution in [0, 0.1) is 10.1 Å². The van der Waals surface area contributed by atoms with E-state index in [4.69, 9.17) is 11.6 Å². The van der Waals surface area contributed by atoms with Gasteiger partial charge in [-0.3, -0.25) is 10.1 Å². The summed E-state index contributed by atoms with van der Waals surface area (Å²) < 4.78 is 0. The molecule has 4 rings (SSSR count). The molecule has 0 saturated carbocycles. The van der Waals surface area contributed by atoms with Crippen LogP contribution in [0.25, 0.3) is 0 Å². The van der Waals surface area contributed by atoms with Crippen LogP contribution in [0.1, 0.15) is 21.5 Å². The Labute approximate surface area is 171 Å². The van der Waals surface area contributed by atoms with Gasteiger partial charge in [-0.15, -0.1) is 0 Å². The number of para-hydroxylation sites is 1. The quantitative estimate of drug-likeness (QED) is 0.443. The molecule has 1 heterocycles. The van der Waals surface area contributed by atoms with Crippen molar-refractivity contribution in [3.8, 4) is 0 Å². The zero-order valence-electron chi connectivity index (χ0n) is 15.1. The summed E-state index contributed by atoms with van der Waals surface area (Å²) in [5, 5.41) is 24.4. The fourth-order valence-corrected chi connectivity index (χ4v) is 3.58. The van der Waals surface area contributed by atoms with Crippen molar-refractivity contribution < 1.29 is 14.8 Å². The first-order valence-corrected chi connectivity index (χ1v) is 9.20. The molecule has 29 heavy (non-hydrogen) atoms. The molecule has 0 spiro atoms. The van der Waals surface area contributed by atoms with Gasteiger partial charge in [0.25, 0.3) is 5.69 Å². The smallest absolute Gasteiger partial charge is 0.338 e. The number of rotatable bonds is 5. The summed E-state index contributed by atoms with van der Waals surface area (Å²) in [5.74, 6) is -1.23. The normalized spacial score (nSPS) is 12.5. The number of carboxylic acid groups (broad SMARTS) is 1. The van der Waals surface area contributed by atoms with Crippen LogP contribution in [-0.2, 0) is 13.1 Å². The molecule has 0 unspecified atom stereocenters. The molecule has 0 fully saturated rings. The van der Waals surface area contributed by atoms with Gasteiger partial charge < -0.3 is 15.3 Å². The molecule has 146 valence electrons. The second-order valence-electron chi connectivity index (χ2n) is 6.70. The van der Waals surface area contributed by atoms with Gasteiger partial charge in [-0.2, -0.15) is 0 Å². The molecule has 2 N–H and O–H groups in total. The van der Waals surface area contributed by atoms with Crippen molar-refractivity contribution in [2.75, 3.05) is 10.2 Å². The number of aromatic carboxylic acids is 1. The van der Waals surface area contributed by atoms with Crippen molar-refractivity contribution in [3.05, 3.63) is 92.5 Å². The lowest BCUT2D eigenvalue weighted by molar-refractivity contribution is -0.383. The minimum absolute atomic E-state index is 0.0301. The molecule has 0 saturated heterocycles. The molecule has 0 aliphatic carbocycles. The molecule has 0 bridgehead atoms. The number of hydrogen-bond donors (Lipinski definition) is 2. The second kappa shape index (κ2) is 7.44. The summed E-state index contributed by atoms with van der Waals surface area (Å²) in [7, 11) is 0. The van der Waals surface area contributed by atoms with Crippen LogP contribution in [0.4, 0.5) is 22.7 Å². The number of anilines is 3. The summed E-state index contributed by atoms with van der Waals surface area (Å²) in [4.78, 5) is 24.5. The maximum Gasteiger partial charge on any atom is 0.338 e. The van der Waals surface area contributed by atoms with Gasteiger partial charge in [0, 0.05) is 35.6 Å². The standard InChI is InChI=1S/C21H16ClN3O4/c22-15-5-8-17(9-6-15)24-11-13-4-7-16(10-14(13)12-24)23-20-18(21(26)27)2-1-3-19(20)25(28)29/h1-10,23H,11-12H2,(H,26,27). The number of benzene rings is 3. The zero-order valence-corrected chi connectivity index (χ0v) is 15.9. The largest absolute Gasteiger partial charge is 0.478 e. The van der Waals surface area contributed by atoms with E-state index >= 15 is 0 Å². The first kappa shape index (κ1) is 18.8. The van der Waals surface area contributed by atoms with E-state index in [2.05, 4.69) is 10.2 Å². The minimum Gasteiger partial charge on any atom is -0.478 e. The van der Waals surface area contributed by atoms with Crippen LogP contribution in [0.2, 0.25) is 5.02 Å². The molecule has 7 nitrogen and oxygen atoms in total. The molecule has 3 aromatic carbocycles. The molecular formula is C21H16ClN3O4. The summed E-state index contributed by atoms with van der Waals surface area (Å²) in [6.07, 6.45) is 0. The Hall–Kier alpha value is -3.58. The van der Waals surface area contributed by atoms with Gasteiger partial charge in [0.05, 0.1) is 10.5 Å². The van der Waals surface area contributed by atoms with Crippen molar-refractivity contribution in [3.63, 3.8) is 0 Å². The predicted octanol–water partition coefficient (Wildman–Crippen LogP) is 5.21. The van der Waals surface area contributed by atoms with Crippen molar-refractivity contribution in [1.82, 2.24) is 0 Å². The number of nitrogens with one attached hydrogen (secondary N) is 1. The van der Waals surface area contributed by atoms with E-state index in [0.717, 1.165) is 23.4 Å². The van der Waals surface area contributed by atoms with Crippen LogP contribution in [-0.4, -0.2) is 16.0 Å². The zero-order chi connectivity index (χ0) is 20.5. The first-order chi connectivity index (χ1) is 13.9. The maximum absolute atomic E-state index is 11.5. The Bertz CT molecular complexity index is 1080. The van der Waals surface area contributed by atoms with E-state index in [-0.39, 0.29) is 16.9 Å². The van der Waals surface area contributed by atoms with Crippen LogP contribution in [0.5, 0.6) is 0 Å². The highest BCUT2D eigenvalue weighted by atomic mass is 35.5. The molecule has 1 aliphatic heterocycles. The molecule has 3 aromatic rings. The molecule has 8 heteroatoms. The van der Waals surface area contributed by atoms with Crippen LogP contribution in [0.15, 0.2) is 60.7 Å². The van der Waals surface area contributed by atoms with E-state index in [9.17, 15) is 20.0 Å². The minimum atomic E-state index is -1.23. The van der Waals surface area contributed by atoms with Gasteiger partial charge in [0.1, 0.15) is 5.69 Å². The monoisotopic (exact) mass is 409 g/mol. The van der Waals surface area contributed by atoms with Gasteiger partial charge >= 0.3 is 5.97 Å². The van der Waals surface area contributed by atoms with Gasteiger partial charge in [0.2, 0.25) is 0 Å². The summed E-state index contributed by atoms with van der Waals surface area (Å²) in [5.41, 5.74) is 3.39.